The number of hydrogen-bond donors (Lipinski definition) is 1. The van der Waals surface area contributed by atoms with Crippen LogP contribution in [0, 0.1) is 6.92 Å². The molecule has 0 bridgehead atoms. The summed E-state index contributed by atoms with van der Waals surface area (Å²) in [6.45, 7) is 10.1. The average molecular weight is 504 g/mol. The van der Waals surface area contributed by atoms with Crippen molar-refractivity contribution in [3.8, 4) is 0 Å². The van der Waals surface area contributed by atoms with Crippen molar-refractivity contribution >= 4 is 11.6 Å². The molecule has 1 nitrogen and oxygen atoms in total. The molecule has 2 aromatic rings. The largest absolute Gasteiger partial charge is 0.416 e. The minimum atomic E-state index is -4.40. The molecule has 0 spiro atoms. The van der Waals surface area contributed by atoms with E-state index in [-0.39, 0.29) is 18.9 Å². The maximum absolute atomic E-state index is 13.6. The molecular formula is C30H34F5N. The Labute approximate surface area is 211 Å². The molecule has 1 unspecified atom stereocenters. The van der Waals surface area contributed by atoms with E-state index in [1.165, 1.54) is 6.07 Å². The van der Waals surface area contributed by atoms with Crippen LogP contribution in [0.1, 0.15) is 73.9 Å². The molecule has 0 aliphatic heterocycles. The van der Waals surface area contributed by atoms with E-state index in [0.29, 0.717) is 11.1 Å². The molecule has 0 saturated carbocycles. The molecule has 0 saturated heterocycles. The summed E-state index contributed by atoms with van der Waals surface area (Å²) < 4.78 is 66.5. The first kappa shape index (κ1) is 29.1. The van der Waals surface area contributed by atoms with Crippen LogP contribution in [0.15, 0.2) is 79.0 Å². The van der Waals surface area contributed by atoms with Crippen LogP contribution >= 0.6 is 0 Å². The van der Waals surface area contributed by atoms with Crippen LogP contribution in [-0.4, -0.2) is 5.92 Å². The zero-order chi connectivity index (χ0) is 26.9. The van der Waals surface area contributed by atoms with Crippen molar-refractivity contribution in [3.63, 3.8) is 0 Å². The molecule has 6 heteroatoms. The second-order valence-corrected chi connectivity index (χ2v) is 9.03. The van der Waals surface area contributed by atoms with Crippen molar-refractivity contribution in [1.29, 1.82) is 0 Å². The van der Waals surface area contributed by atoms with Crippen LogP contribution in [0.2, 0.25) is 0 Å². The van der Waals surface area contributed by atoms with Gasteiger partial charge in [0.15, 0.2) is 0 Å². The van der Waals surface area contributed by atoms with Gasteiger partial charge in [-0.2, -0.15) is 13.2 Å². The lowest BCUT2D eigenvalue weighted by molar-refractivity contribution is -0.137. The summed E-state index contributed by atoms with van der Waals surface area (Å²) >= 11 is 0. The average Bonchev–Trinajstić information content (AvgIpc) is 2.80. The first-order chi connectivity index (χ1) is 16.8. The predicted molar refractivity (Wildman–Crippen MR) is 140 cm³/mol. The van der Waals surface area contributed by atoms with Gasteiger partial charge in [0.05, 0.1) is 11.6 Å². The van der Waals surface area contributed by atoms with Crippen LogP contribution in [-0.2, 0) is 6.18 Å². The van der Waals surface area contributed by atoms with Gasteiger partial charge in [-0.15, -0.1) is 0 Å². The Hall–Kier alpha value is -3.15. The molecule has 2 aromatic carbocycles. The van der Waals surface area contributed by atoms with Gasteiger partial charge in [0.1, 0.15) is 0 Å². The van der Waals surface area contributed by atoms with E-state index in [0.717, 1.165) is 47.8 Å². The molecule has 36 heavy (non-hydrogen) atoms. The van der Waals surface area contributed by atoms with Gasteiger partial charge in [-0.1, -0.05) is 68.1 Å². The molecule has 2 rings (SSSR count). The molecule has 0 fully saturated rings. The lowest BCUT2D eigenvalue weighted by Gasteiger charge is -2.21. The number of benzene rings is 2. The highest BCUT2D eigenvalue weighted by molar-refractivity contribution is 5.78. The van der Waals surface area contributed by atoms with Crippen molar-refractivity contribution in [2.75, 3.05) is 0 Å². The zero-order valence-corrected chi connectivity index (χ0v) is 21.2. The van der Waals surface area contributed by atoms with Crippen molar-refractivity contribution in [2.24, 2.45) is 0 Å². The Morgan fingerprint density at radius 1 is 1.06 bits per heavy atom. The maximum atomic E-state index is 13.6. The van der Waals surface area contributed by atoms with Gasteiger partial charge in [-0.25, -0.2) is 8.78 Å². The number of hydrogen-bond acceptors (Lipinski definition) is 1. The first-order valence-corrected chi connectivity index (χ1v) is 11.9. The third-order valence-electron chi connectivity index (χ3n) is 5.74. The smallest absolute Gasteiger partial charge is 0.384 e. The van der Waals surface area contributed by atoms with E-state index in [4.69, 9.17) is 0 Å². The monoisotopic (exact) mass is 503 g/mol. The molecule has 1 atom stereocenters. The summed E-state index contributed by atoms with van der Waals surface area (Å²) in [4.78, 5) is 0. The second-order valence-electron chi connectivity index (χ2n) is 9.03. The molecule has 194 valence electrons. The van der Waals surface area contributed by atoms with E-state index < -0.39 is 17.7 Å². The Morgan fingerprint density at radius 3 is 2.25 bits per heavy atom. The van der Waals surface area contributed by atoms with Gasteiger partial charge in [0.2, 0.25) is 5.92 Å². The van der Waals surface area contributed by atoms with Crippen LogP contribution in [0.4, 0.5) is 22.0 Å². The van der Waals surface area contributed by atoms with Crippen LogP contribution < -0.4 is 5.32 Å². The zero-order valence-electron chi connectivity index (χ0n) is 21.2. The van der Waals surface area contributed by atoms with Crippen molar-refractivity contribution in [1.82, 2.24) is 5.32 Å². The number of rotatable bonds is 11. The second kappa shape index (κ2) is 12.7. The van der Waals surface area contributed by atoms with E-state index >= 15 is 0 Å². The summed E-state index contributed by atoms with van der Waals surface area (Å²) in [5.41, 5.74) is 3.92. The van der Waals surface area contributed by atoms with Crippen molar-refractivity contribution < 1.29 is 22.0 Å². The standard InChI is InChI=1S/C30H34F5N/c1-6-8-9-25(27-15-14-26(19-22(27)4)30(33,34)35)18-21(3)20-36-28(16-17-29(5,31)32)24-12-10-23(7-2)11-13-24/h7-15,18-20,28,36H,2,6,16-17H2,1,3-5H3/b9-8-,21-20+,25-18+. The fourth-order valence-electron chi connectivity index (χ4n) is 3.75. The molecule has 0 amide bonds. The number of nitrogens with one attached hydrogen (secondary N) is 1. The molecule has 0 aliphatic rings. The van der Waals surface area contributed by atoms with Crippen LogP contribution in [0.5, 0.6) is 0 Å². The quantitative estimate of drug-likeness (QED) is 0.238. The minimum Gasteiger partial charge on any atom is -0.384 e. The van der Waals surface area contributed by atoms with Gasteiger partial charge < -0.3 is 5.32 Å². The fraction of sp³-hybridized carbons (Fsp3) is 0.333. The van der Waals surface area contributed by atoms with Crippen LogP contribution in [0.3, 0.4) is 0 Å². The maximum Gasteiger partial charge on any atom is 0.416 e. The van der Waals surface area contributed by atoms with Crippen molar-refractivity contribution in [2.45, 2.75) is 65.1 Å². The minimum absolute atomic E-state index is 0.227. The fourth-order valence-corrected chi connectivity index (χ4v) is 3.75. The summed E-state index contributed by atoms with van der Waals surface area (Å²) in [5.74, 6) is -2.78. The van der Waals surface area contributed by atoms with Gasteiger partial charge in [-0.05, 0) is 85.3 Å². The predicted octanol–water partition coefficient (Wildman–Crippen LogP) is 9.68. The Kier molecular flexibility index (Phi) is 10.3. The summed E-state index contributed by atoms with van der Waals surface area (Å²) in [7, 11) is 0. The Bertz CT molecular complexity index is 1100. The lowest BCUT2D eigenvalue weighted by Crippen LogP contribution is -2.20. The van der Waals surface area contributed by atoms with Crippen LogP contribution in [0.25, 0.3) is 11.6 Å². The molecular weight excluding hydrogens is 469 g/mol. The number of allylic oxidation sites excluding steroid dienone is 5. The molecule has 0 heterocycles. The number of halogens is 5. The van der Waals surface area contributed by atoms with E-state index in [1.54, 1.807) is 19.2 Å². The van der Waals surface area contributed by atoms with E-state index in [9.17, 15) is 22.0 Å². The summed E-state index contributed by atoms with van der Waals surface area (Å²) in [6, 6.07) is 10.9. The highest BCUT2D eigenvalue weighted by Gasteiger charge is 2.30. The van der Waals surface area contributed by atoms with Gasteiger partial charge >= 0.3 is 6.18 Å². The summed E-state index contributed by atoms with van der Waals surface area (Å²) in [5, 5.41) is 3.26. The molecule has 0 aliphatic carbocycles. The third-order valence-corrected chi connectivity index (χ3v) is 5.74. The Morgan fingerprint density at radius 2 is 1.72 bits per heavy atom. The third kappa shape index (κ3) is 9.14. The first-order valence-electron chi connectivity index (χ1n) is 11.9. The van der Waals surface area contributed by atoms with Crippen molar-refractivity contribution in [3.05, 3.63) is 107 Å². The topological polar surface area (TPSA) is 12.0 Å². The molecule has 0 aromatic heterocycles. The van der Waals surface area contributed by atoms with Gasteiger partial charge in [0, 0.05) is 6.42 Å². The normalized spacial score (nSPS) is 14.2. The highest BCUT2D eigenvalue weighted by Crippen LogP contribution is 2.33. The summed E-state index contributed by atoms with van der Waals surface area (Å²) in [6.07, 6.45) is 5.51. The van der Waals surface area contributed by atoms with E-state index in [2.05, 4.69) is 11.9 Å². The Balaban J connectivity index is 2.36. The number of aryl methyl sites for hydroxylation is 1. The number of alkyl halides is 5. The lowest BCUT2D eigenvalue weighted by atomic mass is 9.96. The molecule has 1 N–H and O–H groups in total. The highest BCUT2D eigenvalue weighted by atomic mass is 19.4. The molecule has 0 radical (unpaired) electrons. The SMILES string of the molecule is C=Cc1ccc(C(CCC(C)(F)F)N/C=C(C)/C=C(\C=C/CC)c2ccc(C(F)(F)F)cc2C)cc1. The van der Waals surface area contributed by atoms with E-state index in [1.807, 2.05) is 56.3 Å². The van der Waals surface area contributed by atoms with Gasteiger partial charge in [-0.3, -0.25) is 0 Å². The van der Waals surface area contributed by atoms with Gasteiger partial charge in [0.25, 0.3) is 0 Å².